The second-order valence-corrected chi connectivity index (χ2v) is 5.69. The molecule has 2 aromatic carbocycles. The Hall–Kier alpha value is -1.11. The minimum Gasteiger partial charge on any atom is -0.384 e. The van der Waals surface area contributed by atoms with Gasteiger partial charge in [-0.25, -0.2) is 4.39 Å². The second kappa shape index (κ2) is 5.94. The summed E-state index contributed by atoms with van der Waals surface area (Å²) < 4.78 is 51.6. The molecule has 0 amide bonds. The summed E-state index contributed by atoms with van der Waals surface area (Å²) in [7, 11) is 0. The number of aliphatic hydroxyl groups is 1. The Labute approximate surface area is 131 Å². The van der Waals surface area contributed by atoms with E-state index in [1.54, 1.807) is 12.1 Å². The molecule has 0 aliphatic carbocycles. The lowest BCUT2D eigenvalue weighted by Gasteiger charge is -2.14. The Morgan fingerprint density at radius 3 is 2.24 bits per heavy atom. The van der Waals surface area contributed by atoms with Gasteiger partial charge in [0.25, 0.3) is 0 Å². The van der Waals surface area contributed by atoms with Gasteiger partial charge >= 0.3 is 6.18 Å². The third-order valence-electron chi connectivity index (χ3n) is 2.81. The molecule has 0 saturated carbocycles. The number of rotatable bonds is 2. The van der Waals surface area contributed by atoms with Gasteiger partial charge in [0.05, 0.1) is 5.56 Å². The van der Waals surface area contributed by atoms with Gasteiger partial charge in [-0.05, 0) is 41.5 Å². The lowest BCUT2D eigenvalue weighted by atomic mass is 10.00. The van der Waals surface area contributed by atoms with Gasteiger partial charge in [-0.1, -0.05) is 33.6 Å². The zero-order chi connectivity index (χ0) is 15.8. The minimum atomic E-state index is -4.77. The summed E-state index contributed by atoms with van der Waals surface area (Å²) in [6.07, 6.45) is -6.05. The van der Waals surface area contributed by atoms with Crippen molar-refractivity contribution in [2.24, 2.45) is 0 Å². The Morgan fingerprint density at radius 2 is 1.71 bits per heavy atom. The van der Waals surface area contributed by atoms with Gasteiger partial charge in [-0.2, -0.15) is 13.2 Å². The smallest absolute Gasteiger partial charge is 0.384 e. The first kappa shape index (κ1) is 16.3. The normalized spacial score (nSPS) is 13.3. The highest BCUT2D eigenvalue weighted by molar-refractivity contribution is 9.10. The lowest BCUT2D eigenvalue weighted by Crippen LogP contribution is -2.09. The van der Waals surface area contributed by atoms with Crippen LogP contribution in [0.1, 0.15) is 22.8 Å². The van der Waals surface area contributed by atoms with E-state index in [9.17, 15) is 22.7 Å². The SMILES string of the molecule is OC(c1cc(Cl)cc(Br)c1)c1ccc(C(F)(F)F)c(F)c1. The standard InChI is InChI=1S/C14H8BrClF4O/c15-9-3-8(4-10(16)6-9)13(21)7-1-2-11(12(17)5-7)14(18,19)20/h1-6,13,21H. The van der Waals surface area contributed by atoms with E-state index in [4.69, 9.17) is 11.6 Å². The third kappa shape index (κ3) is 3.75. The second-order valence-electron chi connectivity index (χ2n) is 4.34. The summed E-state index contributed by atoms with van der Waals surface area (Å²) in [6.45, 7) is 0. The predicted octanol–water partition coefficient (Wildman–Crippen LogP) is 5.34. The van der Waals surface area contributed by atoms with E-state index < -0.39 is 23.7 Å². The van der Waals surface area contributed by atoms with Crippen molar-refractivity contribution in [1.29, 1.82) is 0 Å². The minimum absolute atomic E-state index is 0.00895. The third-order valence-corrected chi connectivity index (χ3v) is 3.49. The molecular formula is C14H8BrClF4O. The molecule has 1 N–H and O–H groups in total. The molecule has 2 rings (SSSR count). The van der Waals surface area contributed by atoms with Crippen molar-refractivity contribution in [3.63, 3.8) is 0 Å². The van der Waals surface area contributed by atoms with Crippen LogP contribution < -0.4 is 0 Å². The summed E-state index contributed by atoms with van der Waals surface area (Å²) >= 11 is 9.02. The van der Waals surface area contributed by atoms with Gasteiger partial charge in [-0.15, -0.1) is 0 Å². The molecule has 0 saturated heterocycles. The van der Waals surface area contributed by atoms with Crippen LogP contribution in [0.5, 0.6) is 0 Å². The van der Waals surface area contributed by atoms with Crippen molar-refractivity contribution >= 4 is 27.5 Å². The topological polar surface area (TPSA) is 20.2 Å². The Morgan fingerprint density at radius 1 is 1.05 bits per heavy atom. The Balaban J connectivity index is 2.40. The van der Waals surface area contributed by atoms with Crippen LogP contribution in [0.25, 0.3) is 0 Å². The lowest BCUT2D eigenvalue weighted by molar-refractivity contribution is -0.140. The molecule has 0 aliphatic rings. The van der Waals surface area contributed by atoms with E-state index in [0.717, 1.165) is 6.07 Å². The van der Waals surface area contributed by atoms with Crippen LogP contribution in [0.2, 0.25) is 5.02 Å². The molecule has 0 heterocycles. The van der Waals surface area contributed by atoms with Gasteiger partial charge < -0.3 is 5.11 Å². The first-order valence-electron chi connectivity index (χ1n) is 5.69. The first-order valence-corrected chi connectivity index (χ1v) is 6.86. The average Bonchev–Trinajstić information content (AvgIpc) is 2.35. The molecule has 1 nitrogen and oxygen atoms in total. The van der Waals surface area contributed by atoms with Crippen LogP contribution in [-0.4, -0.2) is 5.11 Å². The fourth-order valence-electron chi connectivity index (χ4n) is 1.86. The molecule has 7 heteroatoms. The molecule has 112 valence electrons. The predicted molar refractivity (Wildman–Crippen MR) is 74.6 cm³/mol. The van der Waals surface area contributed by atoms with Crippen LogP contribution >= 0.6 is 27.5 Å². The van der Waals surface area contributed by atoms with E-state index in [2.05, 4.69) is 15.9 Å². The zero-order valence-electron chi connectivity index (χ0n) is 10.3. The number of hydrogen-bond acceptors (Lipinski definition) is 1. The molecule has 0 aromatic heterocycles. The van der Waals surface area contributed by atoms with Gasteiger partial charge in [0, 0.05) is 9.50 Å². The molecule has 0 bridgehead atoms. The molecule has 2 aromatic rings. The molecule has 0 fully saturated rings. The van der Waals surface area contributed by atoms with Gasteiger partial charge in [0.2, 0.25) is 0 Å². The van der Waals surface area contributed by atoms with E-state index in [0.29, 0.717) is 27.2 Å². The maximum absolute atomic E-state index is 13.5. The van der Waals surface area contributed by atoms with Crippen molar-refractivity contribution in [2.45, 2.75) is 12.3 Å². The first-order chi connectivity index (χ1) is 9.68. The molecule has 1 atom stereocenters. The quantitative estimate of drug-likeness (QED) is 0.694. The van der Waals surface area contributed by atoms with Crippen molar-refractivity contribution in [2.75, 3.05) is 0 Å². The van der Waals surface area contributed by atoms with E-state index in [1.807, 2.05) is 0 Å². The largest absolute Gasteiger partial charge is 0.419 e. The average molecular weight is 384 g/mol. The van der Waals surface area contributed by atoms with Crippen LogP contribution in [0.3, 0.4) is 0 Å². The van der Waals surface area contributed by atoms with E-state index in [1.165, 1.54) is 6.07 Å². The maximum Gasteiger partial charge on any atom is 0.419 e. The summed E-state index contributed by atoms with van der Waals surface area (Å²) in [6, 6.07) is 6.89. The fourth-order valence-corrected chi connectivity index (χ4v) is 2.74. The van der Waals surface area contributed by atoms with Gasteiger partial charge in [-0.3, -0.25) is 0 Å². The molecule has 0 radical (unpaired) electrons. The number of alkyl halides is 3. The molecule has 21 heavy (non-hydrogen) atoms. The Bertz CT molecular complexity index is 652. The molecule has 1 unspecified atom stereocenters. The fraction of sp³-hybridized carbons (Fsp3) is 0.143. The van der Waals surface area contributed by atoms with Crippen LogP contribution in [0.4, 0.5) is 17.6 Å². The molecular weight excluding hydrogens is 376 g/mol. The summed E-state index contributed by atoms with van der Waals surface area (Å²) in [5, 5.41) is 10.5. The monoisotopic (exact) mass is 382 g/mol. The van der Waals surface area contributed by atoms with E-state index in [-0.39, 0.29) is 5.56 Å². The van der Waals surface area contributed by atoms with Crippen LogP contribution in [0.15, 0.2) is 40.9 Å². The highest BCUT2D eigenvalue weighted by Gasteiger charge is 2.34. The number of hydrogen-bond donors (Lipinski definition) is 1. The Kier molecular flexibility index (Phi) is 4.60. The highest BCUT2D eigenvalue weighted by atomic mass is 79.9. The number of halogens is 6. The highest BCUT2D eigenvalue weighted by Crippen LogP contribution is 2.34. The van der Waals surface area contributed by atoms with Crippen molar-refractivity contribution in [1.82, 2.24) is 0 Å². The van der Waals surface area contributed by atoms with Crippen molar-refractivity contribution < 1.29 is 22.7 Å². The number of aliphatic hydroxyl groups excluding tert-OH is 1. The van der Waals surface area contributed by atoms with Crippen LogP contribution in [0, 0.1) is 5.82 Å². The van der Waals surface area contributed by atoms with Crippen LogP contribution in [-0.2, 0) is 6.18 Å². The van der Waals surface area contributed by atoms with Gasteiger partial charge in [0.15, 0.2) is 0 Å². The maximum atomic E-state index is 13.5. The van der Waals surface area contributed by atoms with E-state index >= 15 is 0 Å². The summed E-state index contributed by atoms with van der Waals surface area (Å²) in [5.41, 5.74) is -1.02. The van der Waals surface area contributed by atoms with Crippen molar-refractivity contribution in [3.05, 3.63) is 68.4 Å². The van der Waals surface area contributed by atoms with Crippen molar-refractivity contribution in [3.8, 4) is 0 Å². The number of benzene rings is 2. The summed E-state index contributed by atoms with van der Waals surface area (Å²) in [4.78, 5) is 0. The summed E-state index contributed by atoms with van der Waals surface area (Å²) in [5.74, 6) is -1.43. The molecule has 0 spiro atoms. The molecule has 0 aliphatic heterocycles. The zero-order valence-corrected chi connectivity index (χ0v) is 12.6. The van der Waals surface area contributed by atoms with Gasteiger partial charge in [0.1, 0.15) is 11.9 Å².